The second-order valence-electron chi connectivity index (χ2n) is 3.76. The average molecular weight is 233 g/mol. The fourth-order valence-corrected chi connectivity index (χ4v) is 1.49. The second kappa shape index (κ2) is 5.98. The van der Waals surface area contributed by atoms with E-state index in [1.807, 2.05) is 32.9 Å². The Labute approximate surface area is 102 Å². The van der Waals surface area contributed by atoms with E-state index in [0.29, 0.717) is 0 Å². The largest absolute Gasteiger partial charge is 0.313 e. The summed E-state index contributed by atoms with van der Waals surface area (Å²) in [5.74, 6) is 0. The summed E-state index contributed by atoms with van der Waals surface area (Å²) < 4.78 is 0. The van der Waals surface area contributed by atoms with E-state index < -0.39 is 0 Å². The van der Waals surface area contributed by atoms with Crippen molar-refractivity contribution in [2.24, 2.45) is 10.2 Å². The molecule has 0 amide bonds. The zero-order valence-electron chi connectivity index (χ0n) is 11.0. The number of nitrogens with zero attached hydrogens (tertiary/aromatic N) is 3. The van der Waals surface area contributed by atoms with Gasteiger partial charge >= 0.3 is 0 Å². The molecule has 0 aromatic carbocycles. The van der Waals surface area contributed by atoms with Gasteiger partial charge in [0.25, 0.3) is 0 Å². The van der Waals surface area contributed by atoms with Gasteiger partial charge < -0.3 is 10.9 Å². The third-order valence-corrected chi connectivity index (χ3v) is 2.27. The van der Waals surface area contributed by atoms with Gasteiger partial charge in [-0.15, -0.1) is 0 Å². The molecule has 0 spiro atoms. The highest BCUT2D eigenvalue weighted by Crippen LogP contribution is 2.07. The number of rotatable bonds is 4. The van der Waals surface area contributed by atoms with Crippen LogP contribution in [0, 0.1) is 6.92 Å². The van der Waals surface area contributed by atoms with Crippen LogP contribution in [0.4, 0.5) is 0 Å². The summed E-state index contributed by atoms with van der Waals surface area (Å²) in [6.45, 7) is 5.88. The monoisotopic (exact) mass is 233 g/mol. The number of aryl methyl sites for hydroxylation is 1. The Morgan fingerprint density at radius 3 is 1.76 bits per heavy atom. The summed E-state index contributed by atoms with van der Waals surface area (Å²) in [5.41, 5.74) is 10.1. The summed E-state index contributed by atoms with van der Waals surface area (Å²) in [6, 6.07) is 4.01. The van der Waals surface area contributed by atoms with Crippen LogP contribution in [-0.4, -0.2) is 30.5 Å². The first-order chi connectivity index (χ1) is 8.08. The first kappa shape index (κ1) is 13.2. The molecule has 0 saturated heterocycles. The van der Waals surface area contributed by atoms with E-state index in [4.69, 9.17) is 0 Å². The summed E-state index contributed by atoms with van der Waals surface area (Å²) in [6.07, 6.45) is 0. The molecule has 5 heteroatoms. The molecule has 0 saturated carbocycles. The minimum Gasteiger partial charge on any atom is -0.313 e. The van der Waals surface area contributed by atoms with Gasteiger partial charge in [-0.2, -0.15) is 10.2 Å². The Bertz CT molecular complexity index is 410. The summed E-state index contributed by atoms with van der Waals surface area (Å²) in [5, 5.41) is 8.26. The number of pyridine rings is 1. The van der Waals surface area contributed by atoms with Crippen LogP contribution in [0.5, 0.6) is 0 Å². The Morgan fingerprint density at radius 1 is 1.00 bits per heavy atom. The molecule has 0 unspecified atom stereocenters. The van der Waals surface area contributed by atoms with Crippen molar-refractivity contribution in [3.8, 4) is 0 Å². The minimum atomic E-state index is 0.856. The average Bonchev–Trinajstić information content (AvgIpc) is 2.29. The van der Waals surface area contributed by atoms with Gasteiger partial charge in [-0.1, -0.05) is 0 Å². The Morgan fingerprint density at radius 2 is 1.41 bits per heavy atom. The zero-order valence-corrected chi connectivity index (χ0v) is 11.0. The lowest BCUT2D eigenvalue weighted by Gasteiger charge is -2.06. The number of hydrazone groups is 2. The van der Waals surface area contributed by atoms with Crippen molar-refractivity contribution in [1.82, 2.24) is 15.8 Å². The van der Waals surface area contributed by atoms with Gasteiger partial charge in [0.2, 0.25) is 0 Å². The normalized spacial score (nSPS) is 12.5. The molecule has 1 aromatic heterocycles. The Balaban J connectivity index is 3.19. The smallest absolute Gasteiger partial charge is 0.0870 e. The molecular weight excluding hydrogens is 214 g/mol. The highest BCUT2D eigenvalue weighted by atomic mass is 15.3. The number of nitrogens with one attached hydrogen (secondary N) is 2. The molecule has 1 rings (SSSR count). The van der Waals surface area contributed by atoms with Crippen molar-refractivity contribution < 1.29 is 0 Å². The topological polar surface area (TPSA) is 61.7 Å². The molecular formula is C12H19N5. The lowest BCUT2D eigenvalue weighted by Crippen LogP contribution is -2.11. The molecule has 0 radical (unpaired) electrons. The van der Waals surface area contributed by atoms with Crippen molar-refractivity contribution in [2.45, 2.75) is 20.8 Å². The molecule has 1 aromatic rings. The first-order valence-corrected chi connectivity index (χ1v) is 5.50. The molecule has 0 aliphatic heterocycles. The molecule has 0 atom stereocenters. The first-order valence-electron chi connectivity index (χ1n) is 5.50. The lowest BCUT2D eigenvalue weighted by molar-refractivity contribution is 0.894. The minimum absolute atomic E-state index is 0.856. The maximum absolute atomic E-state index is 4.53. The fraction of sp³-hybridized carbons (Fsp3) is 0.417. The van der Waals surface area contributed by atoms with Gasteiger partial charge in [0.1, 0.15) is 0 Å². The Hall–Kier alpha value is -1.91. The fourth-order valence-electron chi connectivity index (χ4n) is 1.49. The summed E-state index contributed by atoms with van der Waals surface area (Å²) >= 11 is 0. The molecule has 0 aliphatic carbocycles. The van der Waals surface area contributed by atoms with Crippen molar-refractivity contribution in [2.75, 3.05) is 14.1 Å². The van der Waals surface area contributed by atoms with Crippen molar-refractivity contribution in [3.63, 3.8) is 0 Å². The van der Waals surface area contributed by atoms with E-state index in [9.17, 15) is 0 Å². The van der Waals surface area contributed by atoms with E-state index >= 15 is 0 Å². The molecule has 0 aliphatic rings. The molecule has 5 nitrogen and oxygen atoms in total. The van der Waals surface area contributed by atoms with Crippen LogP contribution < -0.4 is 10.9 Å². The third-order valence-electron chi connectivity index (χ3n) is 2.27. The third kappa shape index (κ3) is 3.55. The van der Waals surface area contributed by atoms with Crippen LogP contribution in [0.25, 0.3) is 0 Å². The van der Waals surface area contributed by atoms with Gasteiger partial charge in [0, 0.05) is 14.1 Å². The molecule has 0 bridgehead atoms. The van der Waals surface area contributed by atoms with Crippen LogP contribution in [0.2, 0.25) is 0 Å². The molecule has 1 heterocycles. The molecule has 17 heavy (non-hydrogen) atoms. The molecule has 92 valence electrons. The van der Waals surface area contributed by atoms with E-state index in [-0.39, 0.29) is 0 Å². The maximum atomic E-state index is 4.53. The van der Waals surface area contributed by atoms with Gasteiger partial charge in [-0.05, 0) is 38.5 Å². The predicted octanol–water partition coefficient (Wildman–Crippen LogP) is 1.28. The quantitative estimate of drug-likeness (QED) is 0.608. The number of hydrogen-bond donors (Lipinski definition) is 2. The van der Waals surface area contributed by atoms with Crippen LogP contribution in [0.1, 0.15) is 30.8 Å². The SMILES string of the molecule is CNN=C(C)c1cc(C)cc(C(C)=NNC)n1. The highest BCUT2D eigenvalue weighted by molar-refractivity contribution is 6.00. The number of aromatic nitrogens is 1. The standard InChI is InChI=1S/C12H19N5/c1-8-6-11(9(2)16-13-4)15-12(7-8)10(3)17-14-5/h6-7,13-14H,1-5H3. The highest BCUT2D eigenvalue weighted by Gasteiger charge is 2.06. The molecule has 0 fully saturated rings. The van der Waals surface area contributed by atoms with Crippen LogP contribution in [0.3, 0.4) is 0 Å². The number of hydrogen-bond acceptors (Lipinski definition) is 5. The molecule has 2 N–H and O–H groups in total. The van der Waals surface area contributed by atoms with Gasteiger partial charge in [0.15, 0.2) is 0 Å². The van der Waals surface area contributed by atoms with Crippen LogP contribution in [-0.2, 0) is 0 Å². The van der Waals surface area contributed by atoms with Gasteiger partial charge in [0.05, 0.1) is 22.8 Å². The summed E-state index contributed by atoms with van der Waals surface area (Å²) in [7, 11) is 3.54. The van der Waals surface area contributed by atoms with Crippen LogP contribution >= 0.6 is 0 Å². The van der Waals surface area contributed by atoms with E-state index in [2.05, 4.69) is 26.0 Å². The van der Waals surface area contributed by atoms with E-state index in [1.165, 1.54) is 0 Å². The van der Waals surface area contributed by atoms with Gasteiger partial charge in [-0.3, -0.25) is 0 Å². The zero-order chi connectivity index (χ0) is 12.8. The van der Waals surface area contributed by atoms with Crippen molar-refractivity contribution in [1.29, 1.82) is 0 Å². The van der Waals surface area contributed by atoms with Crippen molar-refractivity contribution in [3.05, 3.63) is 29.1 Å². The van der Waals surface area contributed by atoms with Crippen LogP contribution in [0.15, 0.2) is 22.3 Å². The van der Waals surface area contributed by atoms with E-state index in [0.717, 1.165) is 28.4 Å². The maximum Gasteiger partial charge on any atom is 0.0870 e. The van der Waals surface area contributed by atoms with Crippen molar-refractivity contribution >= 4 is 11.4 Å². The predicted molar refractivity (Wildman–Crippen MR) is 71.5 cm³/mol. The lowest BCUT2D eigenvalue weighted by atomic mass is 10.1. The second-order valence-corrected chi connectivity index (χ2v) is 3.76. The summed E-state index contributed by atoms with van der Waals surface area (Å²) in [4.78, 5) is 4.53. The van der Waals surface area contributed by atoms with E-state index in [1.54, 1.807) is 14.1 Å². The van der Waals surface area contributed by atoms with Gasteiger partial charge in [-0.25, -0.2) is 4.98 Å². The Kier molecular flexibility index (Phi) is 4.63.